The van der Waals surface area contributed by atoms with Crippen LogP contribution in [-0.4, -0.2) is 28.5 Å². The number of hydrogen-bond donors (Lipinski definition) is 2. The van der Waals surface area contributed by atoms with Crippen LogP contribution in [0.4, 0.5) is 5.69 Å². The predicted molar refractivity (Wildman–Crippen MR) is 76.9 cm³/mol. The zero-order valence-electron chi connectivity index (χ0n) is 10.4. The minimum Gasteiger partial charge on any atom is -0.385 e. The Hall–Kier alpha value is -1.16. The van der Waals surface area contributed by atoms with Gasteiger partial charge in [0.25, 0.3) is 0 Å². The number of fused-ring (bicyclic) bond motifs is 1. The van der Waals surface area contributed by atoms with Crippen molar-refractivity contribution in [2.45, 2.75) is 19.8 Å². The van der Waals surface area contributed by atoms with Gasteiger partial charge in [-0.3, -0.25) is 0 Å². The van der Waals surface area contributed by atoms with Crippen LogP contribution in [0.1, 0.15) is 18.7 Å². The fourth-order valence-corrected chi connectivity index (χ4v) is 2.34. The molecule has 0 saturated carbocycles. The van der Waals surface area contributed by atoms with Gasteiger partial charge in [0.1, 0.15) is 5.82 Å². The number of nitrogens with one attached hydrogen (secondary N) is 2. The molecule has 0 aliphatic carbocycles. The van der Waals surface area contributed by atoms with Crippen LogP contribution in [0.5, 0.6) is 0 Å². The van der Waals surface area contributed by atoms with Crippen LogP contribution in [0.2, 0.25) is 0 Å². The molecule has 2 rings (SSSR count). The fraction of sp³-hybridized carbons (Fsp3) is 0.462. The Balaban J connectivity index is 1.90. The quantitative estimate of drug-likeness (QED) is 0.771. The van der Waals surface area contributed by atoms with Crippen molar-refractivity contribution in [3.8, 4) is 0 Å². The summed E-state index contributed by atoms with van der Waals surface area (Å²) in [6.45, 7) is 3.02. The second kappa shape index (κ2) is 5.96. The summed E-state index contributed by atoms with van der Waals surface area (Å²) in [4.78, 5) is 7.64. The molecule has 0 spiro atoms. The molecule has 1 heterocycles. The van der Waals surface area contributed by atoms with Gasteiger partial charge in [-0.15, -0.1) is 0 Å². The Labute approximate surface area is 106 Å². The van der Waals surface area contributed by atoms with Gasteiger partial charge in [-0.1, -0.05) is 0 Å². The maximum absolute atomic E-state index is 4.39. The Morgan fingerprint density at radius 3 is 3.06 bits per heavy atom. The molecule has 0 aliphatic rings. The van der Waals surface area contributed by atoms with Gasteiger partial charge >= 0.3 is 0 Å². The number of nitrogens with zero attached hydrogens (tertiary/aromatic N) is 1. The highest BCUT2D eigenvalue weighted by atomic mass is 32.2. The Morgan fingerprint density at radius 2 is 2.24 bits per heavy atom. The van der Waals surface area contributed by atoms with Gasteiger partial charge in [0, 0.05) is 12.2 Å². The molecule has 3 nitrogen and oxygen atoms in total. The SMILES string of the molecule is CSCCCCNc1ccc2nc(C)[nH]c2c1. The summed E-state index contributed by atoms with van der Waals surface area (Å²) < 4.78 is 0. The van der Waals surface area contributed by atoms with Crippen molar-refractivity contribution in [3.63, 3.8) is 0 Å². The molecular formula is C13H19N3S. The number of imidazole rings is 1. The molecular weight excluding hydrogens is 230 g/mol. The summed E-state index contributed by atoms with van der Waals surface area (Å²) in [6, 6.07) is 6.28. The highest BCUT2D eigenvalue weighted by molar-refractivity contribution is 7.98. The monoisotopic (exact) mass is 249 g/mol. The number of unbranched alkanes of at least 4 members (excludes halogenated alkanes) is 1. The standard InChI is InChI=1S/C13H19N3S/c1-10-15-12-6-5-11(9-13(12)16-10)14-7-3-4-8-17-2/h5-6,9,14H,3-4,7-8H2,1-2H3,(H,15,16). The minimum atomic E-state index is 0.970. The number of aromatic nitrogens is 2. The van der Waals surface area contributed by atoms with E-state index < -0.39 is 0 Å². The van der Waals surface area contributed by atoms with Gasteiger partial charge in [-0.05, 0) is 50.0 Å². The smallest absolute Gasteiger partial charge is 0.104 e. The number of benzene rings is 1. The number of rotatable bonds is 6. The van der Waals surface area contributed by atoms with Crippen molar-refractivity contribution >= 4 is 28.5 Å². The average Bonchev–Trinajstić information content (AvgIpc) is 2.68. The second-order valence-corrected chi connectivity index (χ2v) is 5.17. The Morgan fingerprint density at radius 1 is 1.35 bits per heavy atom. The van der Waals surface area contributed by atoms with E-state index in [-0.39, 0.29) is 0 Å². The second-order valence-electron chi connectivity index (χ2n) is 4.18. The molecule has 0 radical (unpaired) electrons. The van der Waals surface area contributed by atoms with Crippen LogP contribution in [0.3, 0.4) is 0 Å². The highest BCUT2D eigenvalue weighted by Crippen LogP contribution is 2.17. The van der Waals surface area contributed by atoms with E-state index in [9.17, 15) is 0 Å². The molecule has 0 saturated heterocycles. The molecule has 0 aliphatic heterocycles. The molecule has 1 aromatic heterocycles. The van der Waals surface area contributed by atoms with Crippen LogP contribution in [0, 0.1) is 6.92 Å². The van der Waals surface area contributed by atoms with E-state index in [0.717, 1.165) is 23.4 Å². The fourth-order valence-electron chi connectivity index (χ4n) is 1.85. The molecule has 0 amide bonds. The van der Waals surface area contributed by atoms with E-state index in [2.05, 4.69) is 39.7 Å². The third kappa shape index (κ3) is 3.40. The van der Waals surface area contributed by atoms with E-state index >= 15 is 0 Å². The van der Waals surface area contributed by atoms with E-state index in [1.807, 2.05) is 18.7 Å². The van der Waals surface area contributed by atoms with E-state index in [0.29, 0.717) is 0 Å². The predicted octanol–water partition coefficient (Wildman–Crippen LogP) is 3.43. The van der Waals surface area contributed by atoms with E-state index in [4.69, 9.17) is 0 Å². The summed E-state index contributed by atoms with van der Waals surface area (Å²) in [5.41, 5.74) is 3.32. The van der Waals surface area contributed by atoms with Crippen molar-refractivity contribution in [2.24, 2.45) is 0 Å². The van der Waals surface area contributed by atoms with Crippen LogP contribution < -0.4 is 5.32 Å². The third-order valence-corrected chi connectivity index (χ3v) is 3.40. The molecule has 17 heavy (non-hydrogen) atoms. The van der Waals surface area contributed by atoms with E-state index in [1.54, 1.807) is 0 Å². The van der Waals surface area contributed by atoms with Crippen LogP contribution in [0.15, 0.2) is 18.2 Å². The topological polar surface area (TPSA) is 40.7 Å². The largest absolute Gasteiger partial charge is 0.385 e. The number of H-pyrrole nitrogens is 1. The highest BCUT2D eigenvalue weighted by Gasteiger charge is 2.00. The normalized spacial score (nSPS) is 10.9. The summed E-state index contributed by atoms with van der Waals surface area (Å²) >= 11 is 1.91. The van der Waals surface area contributed by atoms with Gasteiger partial charge in [-0.2, -0.15) is 11.8 Å². The van der Waals surface area contributed by atoms with Crippen molar-refractivity contribution in [2.75, 3.05) is 23.9 Å². The van der Waals surface area contributed by atoms with Gasteiger partial charge in [0.15, 0.2) is 0 Å². The van der Waals surface area contributed by atoms with Crippen molar-refractivity contribution in [1.29, 1.82) is 0 Å². The molecule has 0 unspecified atom stereocenters. The first-order valence-corrected chi connectivity index (χ1v) is 7.38. The summed E-state index contributed by atoms with van der Waals surface area (Å²) in [7, 11) is 0. The number of aromatic amines is 1. The van der Waals surface area contributed by atoms with Gasteiger partial charge in [0.05, 0.1) is 11.0 Å². The minimum absolute atomic E-state index is 0.970. The Bertz CT molecular complexity index is 478. The maximum Gasteiger partial charge on any atom is 0.104 e. The van der Waals surface area contributed by atoms with Crippen LogP contribution in [-0.2, 0) is 0 Å². The Kier molecular flexibility index (Phi) is 4.31. The lowest BCUT2D eigenvalue weighted by Gasteiger charge is -2.05. The zero-order valence-corrected chi connectivity index (χ0v) is 11.2. The van der Waals surface area contributed by atoms with Crippen molar-refractivity contribution in [1.82, 2.24) is 9.97 Å². The number of anilines is 1. The zero-order chi connectivity index (χ0) is 12.1. The lowest BCUT2D eigenvalue weighted by atomic mass is 10.2. The average molecular weight is 249 g/mol. The molecule has 2 N–H and O–H groups in total. The summed E-state index contributed by atoms with van der Waals surface area (Å²) in [5.74, 6) is 2.22. The number of thioether (sulfide) groups is 1. The number of hydrogen-bond acceptors (Lipinski definition) is 3. The first kappa shape index (κ1) is 12.3. The van der Waals surface area contributed by atoms with Crippen LogP contribution >= 0.6 is 11.8 Å². The molecule has 92 valence electrons. The molecule has 4 heteroatoms. The lowest BCUT2D eigenvalue weighted by Crippen LogP contribution is -2.01. The van der Waals surface area contributed by atoms with Gasteiger partial charge < -0.3 is 10.3 Å². The first-order chi connectivity index (χ1) is 8.29. The van der Waals surface area contributed by atoms with Crippen molar-refractivity contribution < 1.29 is 0 Å². The maximum atomic E-state index is 4.39. The molecule has 1 aromatic carbocycles. The molecule has 2 aromatic rings. The lowest BCUT2D eigenvalue weighted by molar-refractivity contribution is 0.843. The van der Waals surface area contributed by atoms with Gasteiger partial charge in [-0.25, -0.2) is 4.98 Å². The van der Waals surface area contributed by atoms with Gasteiger partial charge in [0.2, 0.25) is 0 Å². The molecule has 0 fully saturated rings. The van der Waals surface area contributed by atoms with Crippen LogP contribution in [0.25, 0.3) is 11.0 Å². The van der Waals surface area contributed by atoms with E-state index in [1.165, 1.54) is 24.3 Å². The molecule has 0 bridgehead atoms. The third-order valence-electron chi connectivity index (χ3n) is 2.70. The molecule has 0 atom stereocenters. The first-order valence-electron chi connectivity index (χ1n) is 5.99. The summed E-state index contributed by atoms with van der Waals surface area (Å²) in [6.07, 6.45) is 4.66. The number of aryl methyl sites for hydroxylation is 1. The van der Waals surface area contributed by atoms with Crippen molar-refractivity contribution in [3.05, 3.63) is 24.0 Å². The summed E-state index contributed by atoms with van der Waals surface area (Å²) in [5, 5.41) is 3.45.